The highest BCUT2D eigenvalue weighted by Gasteiger charge is 2.24. The highest BCUT2D eigenvalue weighted by Crippen LogP contribution is 2.27. The van der Waals surface area contributed by atoms with Crippen molar-refractivity contribution in [1.29, 1.82) is 0 Å². The van der Waals surface area contributed by atoms with Gasteiger partial charge in [0.2, 0.25) is 0 Å². The lowest BCUT2D eigenvalue weighted by Crippen LogP contribution is -2.36. The molecule has 4 heteroatoms. The van der Waals surface area contributed by atoms with Crippen LogP contribution in [0.25, 0.3) is 0 Å². The van der Waals surface area contributed by atoms with E-state index in [1.807, 2.05) is 0 Å². The zero-order chi connectivity index (χ0) is 12.4. The van der Waals surface area contributed by atoms with E-state index < -0.39 is 0 Å². The zero-order valence-electron chi connectivity index (χ0n) is 10.0. The molecule has 1 aliphatic rings. The van der Waals surface area contributed by atoms with Gasteiger partial charge in [0, 0.05) is 6.04 Å². The lowest BCUT2D eigenvalue weighted by atomic mass is 9.99. The number of benzene rings is 1. The Hall–Kier alpha value is -0.800. The molecule has 0 bridgehead atoms. The van der Waals surface area contributed by atoms with Crippen LogP contribution >= 0.6 is 11.6 Å². The maximum Gasteiger partial charge on any atom is 0.125 e. The van der Waals surface area contributed by atoms with Crippen molar-refractivity contribution >= 4 is 17.3 Å². The molecule has 0 saturated carbocycles. The third-order valence-electron chi connectivity index (χ3n) is 2.99. The molecule has 17 heavy (non-hydrogen) atoms. The van der Waals surface area contributed by atoms with Crippen LogP contribution < -0.4 is 5.32 Å². The maximum absolute atomic E-state index is 13.1. The normalized spacial score (nSPS) is 29.1. The highest BCUT2D eigenvalue weighted by atomic mass is 35.5. The molecule has 0 spiro atoms. The summed E-state index contributed by atoms with van der Waals surface area (Å²) in [6.07, 6.45) is 2.28. The van der Waals surface area contributed by atoms with E-state index in [9.17, 15) is 4.39 Å². The van der Waals surface area contributed by atoms with Gasteiger partial charge in [-0.05, 0) is 44.9 Å². The molecule has 1 aromatic rings. The summed E-state index contributed by atoms with van der Waals surface area (Å²) in [7, 11) is 0. The molecule has 2 nitrogen and oxygen atoms in total. The van der Waals surface area contributed by atoms with Crippen molar-refractivity contribution in [1.82, 2.24) is 0 Å². The van der Waals surface area contributed by atoms with Crippen molar-refractivity contribution in [3.05, 3.63) is 29.0 Å². The van der Waals surface area contributed by atoms with Crippen molar-refractivity contribution in [2.24, 2.45) is 0 Å². The number of rotatable bonds is 2. The average molecular weight is 258 g/mol. The topological polar surface area (TPSA) is 21.3 Å². The fraction of sp³-hybridized carbons (Fsp3) is 0.538. The van der Waals surface area contributed by atoms with Crippen LogP contribution in [0.3, 0.4) is 0 Å². The summed E-state index contributed by atoms with van der Waals surface area (Å²) in [4.78, 5) is 0. The van der Waals surface area contributed by atoms with Crippen molar-refractivity contribution in [2.45, 2.75) is 44.9 Å². The number of ether oxygens (including phenoxy) is 1. The van der Waals surface area contributed by atoms with Crippen LogP contribution in [0.1, 0.15) is 26.7 Å². The Morgan fingerprint density at radius 3 is 2.59 bits per heavy atom. The quantitative estimate of drug-likeness (QED) is 0.869. The van der Waals surface area contributed by atoms with Gasteiger partial charge < -0.3 is 10.1 Å². The van der Waals surface area contributed by atoms with E-state index in [2.05, 4.69) is 19.2 Å². The van der Waals surface area contributed by atoms with Gasteiger partial charge in [-0.3, -0.25) is 0 Å². The summed E-state index contributed by atoms with van der Waals surface area (Å²) < 4.78 is 18.8. The second-order valence-electron chi connectivity index (χ2n) is 4.69. The van der Waals surface area contributed by atoms with E-state index >= 15 is 0 Å². The van der Waals surface area contributed by atoms with Gasteiger partial charge in [0.1, 0.15) is 5.82 Å². The summed E-state index contributed by atoms with van der Waals surface area (Å²) in [5, 5.41) is 3.85. The number of hydrogen-bond donors (Lipinski definition) is 1. The van der Waals surface area contributed by atoms with E-state index in [1.165, 1.54) is 12.1 Å². The van der Waals surface area contributed by atoms with Crippen LogP contribution in [-0.2, 0) is 4.74 Å². The Bertz CT molecular complexity index is 389. The van der Waals surface area contributed by atoms with Gasteiger partial charge in [-0.1, -0.05) is 11.6 Å². The molecule has 1 saturated heterocycles. The molecule has 94 valence electrons. The molecule has 2 unspecified atom stereocenters. The average Bonchev–Trinajstić information content (AvgIpc) is 2.22. The third-order valence-corrected chi connectivity index (χ3v) is 3.32. The molecule has 2 atom stereocenters. The van der Waals surface area contributed by atoms with Gasteiger partial charge in [-0.2, -0.15) is 0 Å². The van der Waals surface area contributed by atoms with E-state index in [4.69, 9.17) is 16.3 Å². The molecule has 1 aliphatic heterocycles. The van der Waals surface area contributed by atoms with Crippen LogP contribution in [-0.4, -0.2) is 18.2 Å². The van der Waals surface area contributed by atoms with Crippen LogP contribution in [0.4, 0.5) is 10.1 Å². The third kappa shape index (κ3) is 3.33. The second-order valence-corrected chi connectivity index (χ2v) is 5.10. The fourth-order valence-corrected chi connectivity index (χ4v) is 2.52. The first-order chi connectivity index (χ1) is 8.04. The Labute approximate surface area is 106 Å². The first-order valence-electron chi connectivity index (χ1n) is 5.91. The molecule has 0 aliphatic carbocycles. The molecule has 0 aromatic heterocycles. The SMILES string of the molecule is CC1CC(Nc2cc(F)ccc2Cl)CC(C)O1. The van der Waals surface area contributed by atoms with Gasteiger partial charge >= 0.3 is 0 Å². The minimum absolute atomic E-state index is 0.226. The lowest BCUT2D eigenvalue weighted by molar-refractivity contribution is -0.0337. The molecule has 1 fully saturated rings. The number of nitrogens with one attached hydrogen (secondary N) is 1. The van der Waals surface area contributed by atoms with Crippen molar-refractivity contribution < 1.29 is 9.13 Å². The fourth-order valence-electron chi connectivity index (χ4n) is 2.35. The predicted octanol–water partition coefficient (Wildman–Crippen LogP) is 3.85. The number of halogens is 2. The first kappa shape index (κ1) is 12.7. The lowest BCUT2D eigenvalue weighted by Gasteiger charge is -2.33. The number of hydrogen-bond acceptors (Lipinski definition) is 2. The monoisotopic (exact) mass is 257 g/mol. The molecular weight excluding hydrogens is 241 g/mol. The summed E-state index contributed by atoms with van der Waals surface area (Å²) in [5.74, 6) is -0.273. The molecule has 1 aromatic carbocycles. The standard InChI is InChI=1S/C13H17ClFNO/c1-8-5-11(6-9(2)17-8)16-13-7-10(15)3-4-12(13)14/h3-4,7-9,11,16H,5-6H2,1-2H3. The summed E-state index contributed by atoms with van der Waals surface area (Å²) in [6, 6.07) is 4.66. The summed E-state index contributed by atoms with van der Waals surface area (Å²) >= 11 is 6.03. The summed E-state index contributed by atoms with van der Waals surface area (Å²) in [5.41, 5.74) is 0.665. The predicted molar refractivity (Wildman–Crippen MR) is 68.1 cm³/mol. The van der Waals surface area contributed by atoms with Gasteiger partial charge in [0.15, 0.2) is 0 Å². The van der Waals surface area contributed by atoms with Gasteiger partial charge in [-0.25, -0.2) is 4.39 Å². The molecule has 2 rings (SSSR count). The van der Waals surface area contributed by atoms with Crippen LogP contribution in [0, 0.1) is 5.82 Å². The molecule has 0 radical (unpaired) electrons. The van der Waals surface area contributed by atoms with Crippen molar-refractivity contribution in [3.8, 4) is 0 Å². The Morgan fingerprint density at radius 1 is 1.29 bits per heavy atom. The minimum Gasteiger partial charge on any atom is -0.381 e. The van der Waals surface area contributed by atoms with Crippen LogP contribution in [0.15, 0.2) is 18.2 Å². The van der Waals surface area contributed by atoms with Gasteiger partial charge in [0.25, 0.3) is 0 Å². The maximum atomic E-state index is 13.1. The molecule has 1 N–H and O–H groups in total. The Kier molecular flexibility index (Phi) is 3.89. The van der Waals surface area contributed by atoms with E-state index in [0.717, 1.165) is 12.8 Å². The molecule has 0 amide bonds. The van der Waals surface area contributed by atoms with Crippen LogP contribution in [0.5, 0.6) is 0 Å². The van der Waals surface area contributed by atoms with Gasteiger partial charge in [-0.15, -0.1) is 0 Å². The van der Waals surface area contributed by atoms with Crippen molar-refractivity contribution in [2.75, 3.05) is 5.32 Å². The minimum atomic E-state index is -0.273. The van der Waals surface area contributed by atoms with E-state index in [0.29, 0.717) is 10.7 Å². The smallest absolute Gasteiger partial charge is 0.125 e. The van der Waals surface area contributed by atoms with E-state index in [-0.39, 0.29) is 24.1 Å². The van der Waals surface area contributed by atoms with Gasteiger partial charge in [0.05, 0.1) is 22.9 Å². The first-order valence-corrected chi connectivity index (χ1v) is 6.29. The van der Waals surface area contributed by atoms with Crippen molar-refractivity contribution in [3.63, 3.8) is 0 Å². The molecule has 1 heterocycles. The Balaban J connectivity index is 2.07. The second kappa shape index (κ2) is 5.23. The Morgan fingerprint density at radius 2 is 1.94 bits per heavy atom. The molecular formula is C13H17ClFNO. The zero-order valence-corrected chi connectivity index (χ0v) is 10.8. The summed E-state index contributed by atoms with van der Waals surface area (Å²) in [6.45, 7) is 4.11. The highest BCUT2D eigenvalue weighted by molar-refractivity contribution is 6.33. The number of anilines is 1. The van der Waals surface area contributed by atoms with Crippen LogP contribution in [0.2, 0.25) is 5.02 Å². The largest absolute Gasteiger partial charge is 0.381 e. The van der Waals surface area contributed by atoms with E-state index in [1.54, 1.807) is 6.07 Å².